The Morgan fingerprint density at radius 1 is 1.43 bits per heavy atom. The van der Waals surface area contributed by atoms with Crippen molar-refractivity contribution in [2.24, 2.45) is 17.6 Å². The minimum Gasteiger partial charge on any atom is -0.443 e. The van der Waals surface area contributed by atoms with Gasteiger partial charge in [-0.05, 0) is 37.5 Å². The number of rotatable bonds is 2. The summed E-state index contributed by atoms with van der Waals surface area (Å²) in [6, 6.07) is 0. The van der Waals surface area contributed by atoms with E-state index in [4.69, 9.17) is 10.5 Å². The molecule has 82 valence electrons. The lowest BCUT2D eigenvalue weighted by Gasteiger charge is -2.41. The molecular weight excluding hydrogens is 178 g/mol. The van der Waals surface area contributed by atoms with Gasteiger partial charge in [-0.3, -0.25) is 0 Å². The fourth-order valence-electron chi connectivity index (χ4n) is 2.25. The van der Waals surface area contributed by atoms with Gasteiger partial charge < -0.3 is 10.5 Å². The van der Waals surface area contributed by atoms with Gasteiger partial charge in [0.1, 0.15) is 5.60 Å². The number of hydrogen-bond donors (Lipinski definition) is 1. The Hall–Kier alpha value is -0.730. The number of primary amides is 1. The lowest BCUT2D eigenvalue weighted by molar-refractivity contribution is -0.0545. The van der Waals surface area contributed by atoms with Gasteiger partial charge in [-0.2, -0.15) is 0 Å². The standard InChI is InChI=1S/C11H21NO2/c1-8(2)11(14-10(12)13)6-4-9(3)5-7-11/h8-9H,4-7H2,1-3H3,(H2,12,13). The zero-order valence-electron chi connectivity index (χ0n) is 9.38. The van der Waals surface area contributed by atoms with Crippen molar-refractivity contribution in [1.82, 2.24) is 0 Å². The first-order valence-electron chi connectivity index (χ1n) is 5.45. The van der Waals surface area contributed by atoms with Crippen LogP contribution >= 0.6 is 0 Å². The van der Waals surface area contributed by atoms with Crippen LogP contribution in [0.4, 0.5) is 4.79 Å². The van der Waals surface area contributed by atoms with Crippen molar-refractivity contribution in [3.63, 3.8) is 0 Å². The molecule has 1 rings (SSSR count). The van der Waals surface area contributed by atoms with Gasteiger partial charge >= 0.3 is 6.09 Å². The van der Waals surface area contributed by atoms with Crippen LogP contribution in [0.2, 0.25) is 0 Å². The molecule has 0 unspecified atom stereocenters. The maximum atomic E-state index is 10.9. The molecule has 1 aliphatic rings. The second-order valence-corrected chi connectivity index (χ2v) is 4.82. The maximum absolute atomic E-state index is 10.9. The predicted octanol–water partition coefficient (Wildman–Crippen LogP) is 2.69. The molecule has 14 heavy (non-hydrogen) atoms. The fourth-order valence-corrected chi connectivity index (χ4v) is 2.25. The van der Waals surface area contributed by atoms with E-state index in [9.17, 15) is 4.79 Å². The molecule has 2 N–H and O–H groups in total. The Bertz CT molecular complexity index is 205. The third-order valence-corrected chi connectivity index (χ3v) is 3.48. The van der Waals surface area contributed by atoms with Crippen LogP contribution in [0.5, 0.6) is 0 Å². The van der Waals surface area contributed by atoms with Gasteiger partial charge in [-0.15, -0.1) is 0 Å². The summed E-state index contributed by atoms with van der Waals surface area (Å²) in [5.41, 5.74) is 4.83. The van der Waals surface area contributed by atoms with E-state index in [-0.39, 0.29) is 5.60 Å². The third-order valence-electron chi connectivity index (χ3n) is 3.48. The average molecular weight is 199 g/mol. The molecule has 1 aliphatic carbocycles. The van der Waals surface area contributed by atoms with Crippen LogP contribution in [0.15, 0.2) is 0 Å². The smallest absolute Gasteiger partial charge is 0.405 e. The molecule has 0 aromatic rings. The molecule has 0 aromatic carbocycles. The first-order chi connectivity index (χ1) is 6.46. The van der Waals surface area contributed by atoms with E-state index in [1.807, 2.05) is 0 Å². The second kappa shape index (κ2) is 4.20. The minimum atomic E-state index is -0.631. The molecular formula is C11H21NO2. The van der Waals surface area contributed by atoms with E-state index in [0.717, 1.165) is 31.6 Å². The number of carbonyl (C=O) groups excluding carboxylic acids is 1. The van der Waals surface area contributed by atoms with Crippen LogP contribution in [0.25, 0.3) is 0 Å². The zero-order chi connectivity index (χ0) is 10.8. The average Bonchev–Trinajstić information content (AvgIpc) is 2.08. The SMILES string of the molecule is CC1CCC(OC(N)=O)(C(C)C)CC1. The maximum Gasteiger partial charge on any atom is 0.405 e. The monoisotopic (exact) mass is 199 g/mol. The van der Waals surface area contributed by atoms with Crippen LogP contribution in [0.3, 0.4) is 0 Å². The molecule has 0 saturated heterocycles. The lowest BCUT2D eigenvalue weighted by atomic mass is 9.73. The van der Waals surface area contributed by atoms with Crippen molar-refractivity contribution in [2.75, 3.05) is 0 Å². The molecule has 0 aromatic heterocycles. The van der Waals surface area contributed by atoms with Crippen LogP contribution in [0, 0.1) is 11.8 Å². The van der Waals surface area contributed by atoms with Crippen molar-refractivity contribution in [3.8, 4) is 0 Å². The molecule has 0 spiro atoms. The minimum absolute atomic E-state index is 0.293. The largest absolute Gasteiger partial charge is 0.443 e. The summed E-state index contributed by atoms with van der Waals surface area (Å²) < 4.78 is 5.33. The molecule has 0 atom stereocenters. The Morgan fingerprint density at radius 2 is 1.93 bits per heavy atom. The predicted molar refractivity (Wildman–Crippen MR) is 55.9 cm³/mol. The van der Waals surface area contributed by atoms with E-state index >= 15 is 0 Å². The third kappa shape index (κ3) is 2.40. The zero-order valence-corrected chi connectivity index (χ0v) is 9.38. The second-order valence-electron chi connectivity index (χ2n) is 4.82. The van der Waals surface area contributed by atoms with Crippen molar-refractivity contribution in [1.29, 1.82) is 0 Å². The van der Waals surface area contributed by atoms with Gasteiger partial charge in [0.05, 0.1) is 0 Å². The summed E-state index contributed by atoms with van der Waals surface area (Å²) in [5.74, 6) is 1.10. The fraction of sp³-hybridized carbons (Fsp3) is 0.909. The van der Waals surface area contributed by atoms with Gasteiger partial charge in [-0.1, -0.05) is 20.8 Å². The highest BCUT2D eigenvalue weighted by molar-refractivity contribution is 5.65. The number of amides is 1. The first kappa shape index (κ1) is 11.3. The summed E-state index contributed by atoms with van der Waals surface area (Å²) in [6.07, 6.45) is 3.54. The summed E-state index contributed by atoms with van der Waals surface area (Å²) in [7, 11) is 0. The Morgan fingerprint density at radius 3 is 2.29 bits per heavy atom. The quantitative estimate of drug-likeness (QED) is 0.743. The Labute approximate surface area is 86.0 Å². The molecule has 3 heteroatoms. The molecule has 0 aliphatic heterocycles. The molecule has 3 nitrogen and oxygen atoms in total. The number of nitrogens with two attached hydrogens (primary N) is 1. The van der Waals surface area contributed by atoms with Gasteiger partial charge in [0.25, 0.3) is 0 Å². The highest BCUT2D eigenvalue weighted by atomic mass is 16.6. The highest BCUT2D eigenvalue weighted by Crippen LogP contribution is 2.39. The van der Waals surface area contributed by atoms with Crippen LogP contribution in [0.1, 0.15) is 46.5 Å². The van der Waals surface area contributed by atoms with Crippen LogP contribution < -0.4 is 5.73 Å². The molecule has 1 fully saturated rings. The van der Waals surface area contributed by atoms with Gasteiger partial charge in [-0.25, -0.2) is 4.79 Å². The van der Waals surface area contributed by atoms with Crippen molar-refractivity contribution < 1.29 is 9.53 Å². The molecule has 0 heterocycles. The van der Waals surface area contributed by atoms with E-state index in [1.54, 1.807) is 0 Å². The number of hydrogen-bond acceptors (Lipinski definition) is 2. The summed E-state index contributed by atoms with van der Waals surface area (Å²) in [4.78, 5) is 10.9. The van der Waals surface area contributed by atoms with Crippen LogP contribution in [-0.4, -0.2) is 11.7 Å². The van der Waals surface area contributed by atoms with E-state index in [1.165, 1.54) is 0 Å². The number of carbonyl (C=O) groups is 1. The molecule has 0 bridgehead atoms. The van der Waals surface area contributed by atoms with Gasteiger partial charge in [0, 0.05) is 0 Å². The van der Waals surface area contributed by atoms with Gasteiger partial charge in [0.15, 0.2) is 0 Å². The highest BCUT2D eigenvalue weighted by Gasteiger charge is 2.40. The van der Waals surface area contributed by atoms with E-state index < -0.39 is 6.09 Å². The normalized spacial score (nSPS) is 33.0. The Balaban J connectivity index is 2.68. The molecule has 1 saturated carbocycles. The van der Waals surface area contributed by atoms with Crippen molar-refractivity contribution >= 4 is 6.09 Å². The van der Waals surface area contributed by atoms with E-state index in [2.05, 4.69) is 20.8 Å². The first-order valence-corrected chi connectivity index (χ1v) is 5.45. The summed E-state index contributed by atoms with van der Waals surface area (Å²) in [6.45, 7) is 6.44. The van der Waals surface area contributed by atoms with Crippen LogP contribution in [-0.2, 0) is 4.74 Å². The lowest BCUT2D eigenvalue weighted by Crippen LogP contribution is -2.44. The molecule has 0 radical (unpaired) electrons. The van der Waals surface area contributed by atoms with E-state index in [0.29, 0.717) is 5.92 Å². The van der Waals surface area contributed by atoms with Gasteiger partial charge in [0.2, 0.25) is 0 Å². The summed E-state index contributed by atoms with van der Waals surface area (Å²) >= 11 is 0. The van der Waals surface area contributed by atoms with Crippen molar-refractivity contribution in [2.45, 2.75) is 52.1 Å². The van der Waals surface area contributed by atoms with Crippen molar-refractivity contribution in [3.05, 3.63) is 0 Å². The number of ether oxygens (including phenoxy) is 1. The Kier molecular flexibility index (Phi) is 3.40. The summed E-state index contributed by atoms with van der Waals surface area (Å²) in [5, 5.41) is 0. The topological polar surface area (TPSA) is 52.3 Å². The molecule has 1 amide bonds.